The molecule has 0 heterocycles. The lowest BCUT2D eigenvalue weighted by atomic mass is 10.2. The minimum Gasteiger partial charge on any atom is -0.545 e. The van der Waals surface area contributed by atoms with Crippen molar-refractivity contribution >= 4 is 11.9 Å². The molecule has 0 saturated carbocycles. The quantitative estimate of drug-likeness (QED) is 0.207. The number of quaternary nitrogens is 2. The molecule has 0 amide bonds. The van der Waals surface area contributed by atoms with Gasteiger partial charge in [0.2, 0.25) is 0 Å². The molecule has 6 nitrogen and oxygen atoms in total. The normalized spacial score (nSPS) is 11.7. The fourth-order valence-electron chi connectivity index (χ4n) is 5.37. The zero-order valence-electron chi connectivity index (χ0n) is 24.9. The van der Waals surface area contributed by atoms with Crippen LogP contribution in [0, 0.1) is 0 Å². The standard InChI is InChI=1S/2C12H28N.C5H6O4/c2*1-5-9-13(10-6-2,11-7-3)12-8-4;1-3(5(8)9)2-4(6)7/h2*5-12H2,1-4H3;2H,1H3,(H,6,7)(H,8,9)/q2*+1;/p-2/b;;3-2-. The highest BCUT2D eigenvalue weighted by molar-refractivity contribution is 5.92. The lowest BCUT2D eigenvalue weighted by Gasteiger charge is -2.38. The second-order valence-electron chi connectivity index (χ2n) is 9.91. The van der Waals surface area contributed by atoms with Crippen LogP contribution < -0.4 is 10.2 Å². The molecule has 0 saturated heterocycles. The van der Waals surface area contributed by atoms with Crippen molar-refractivity contribution in [1.82, 2.24) is 0 Å². The first-order valence-corrected chi connectivity index (χ1v) is 14.3. The molecule has 0 N–H and O–H groups in total. The zero-order valence-corrected chi connectivity index (χ0v) is 24.9. The van der Waals surface area contributed by atoms with Gasteiger partial charge in [0, 0.05) is 0 Å². The number of hydrogen-bond acceptors (Lipinski definition) is 4. The summed E-state index contributed by atoms with van der Waals surface area (Å²) in [5, 5.41) is 19.4. The summed E-state index contributed by atoms with van der Waals surface area (Å²) in [5.41, 5.74) is -0.352. The highest BCUT2D eigenvalue weighted by Gasteiger charge is 2.23. The number of carbonyl (C=O) groups excluding carboxylic acids is 2. The Morgan fingerprint density at radius 2 is 0.714 bits per heavy atom. The Morgan fingerprint density at radius 3 is 0.800 bits per heavy atom. The molecule has 0 aromatic rings. The van der Waals surface area contributed by atoms with Gasteiger partial charge < -0.3 is 28.8 Å². The zero-order chi connectivity index (χ0) is 27.8. The molecule has 0 rings (SSSR count). The lowest BCUT2D eigenvalue weighted by Crippen LogP contribution is -2.50. The van der Waals surface area contributed by atoms with Gasteiger partial charge >= 0.3 is 0 Å². The van der Waals surface area contributed by atoms with Crippen LogP contribution in [0.15, 0.2) is 11.6 Å². The molecule has 0 aromatic heterocycles. The third kappa shape index (κ3) is 20.5. The average molecular weight is 501 g/mol. The topological polar surface area (TPSA) is 80.3 Å². The van der Waals surface area contributed by atoms with Crippen molar-refractivity contribution in [2.75, 3.05) is 52.4 Å². The average Bonchev–Trinajstić information content (AvgIpc) is 2.76. The Kier molecular flexibility index (Phi) is 26.5. The Hall–Kier alpha value is -1.40. The maximum absolute atomic E-state index is 9.76. The van der Waals surface area contributed by atoms with Gasteiger partial charge in [0.15, 0.2) is 0 Å². The number of rotatable bonds is 18. The van der Waals surface area contributed by atoms with Crippen molar-refractivity contribution in [3.63, 3.8) is 0 Å². The molecular weight excluding hydrogens is 440 g/mol. The fraction of sp³-hybridized carbons (Fsp3) is 0.862. The van der Waals surface area contributed by atoms with Crippen LogP contribution in [-0.2, 0) is 9.59 Å². The first-order valence-electron chi connectivity index (χ1n) is 14.3. The Bertz CT molecular complexity index is 460. The maximum atomic E-state index is 9.76. The van der Waals surface area contributed by atoms with Crippen molar-refractivity contribution < 1.29 is 28.8 Å². The van der Waals surface area contributed by atoms with Gasteiger partial charge in [0.05, 0.1) is 64.3 Å². The Morgan fingerprint density at radius 1 is 0.514 bits per heavy atom. The van der Waals surface area contributed by atoms with Crippen LogP contribution in [0.1, 0.15) is 114 Å². The van der Waals surface area contributed by atoms with Gasteiger partial charge in [-0.25, -0.2) is 0 Å². The molecule has 210 valence electrons. The van der Waals surface area contributed by atoms with Crippen LogP contribution >= 0.6 is 0 Å². The summed E-state index contributed by atoms with van der Waals surface area (Å²) in [6.07, 6.45) is 11.1. The van der Waals surface area contributed by atoms with Crippen molar-refractivity contribution in [3.8, 4) is 0 Å². The molecule has 0 unspecified atom stereocenters. The number of nitrogens with zero attached hydrogens (tertiary/aromatic N) is 2. The van der Waals surface area contributed by atoms with E-state index < -0.39 is 11.9 Å². The molecular formula is C29H60N2O4. The summed E-state index contributed by atoms with van der Waals surface area (Å²) < 4.78 is 2.75. The van der Waals surface area contributed by atoms with Crippen LogP contribution in [0.25, 0.3) is 0 Å². The van der Waals surface area contributed by atoms with E-state index in [1.54, 1.807) is 0 Å². The van der Waals surface area contributed by atoms with Gasteiger partial charge in [-0.15, -0.1) is 0 Å². The molecule has 6 heteroatoms. The monoisotopic (exact) mass is 500 g/mol. The van der Waals surface area contributed by atoms with Gasteiger partial charge in [-0.3, -0.25) is 0 Å². The van der Waals surface area contributed by atoms with Crippen LogP contribution in [0.4, 0.5) is 0 Å². The second-order valence-corrected chi connectivity index (χ2v) is 9.91. The van der Waals surface area contributed by atoms with Crippen molar-refractivity contribution in [2.24, 2.45) is 0 Å². The molecule has 35 heavy (non-hydrogen) atoms. The summed E-state index contributed by atoms with van der Waals surface area (Å²) in [6.45, 7) is 30.7. The van der Waals surface area contributed by atoms with E-state index in [0.29, 0.717) is 6.08 Å². The van der Waals surface area contributed by atoms with Crippen LogP contribution in [0.5, 0.6) is 0 Å². The van der Waals surface area contributed by atoms with Gasteiger partial charge in [-0.05, 0) is 69.9 Å². The lowest BCUT2D eigenvalue weighted by molar-refractivity contribution is -0.928. The Balaban J connectivity index is -0.000000448. The van der Waals surface area contributed by atoms with Crippen molar-refractivity contribution in [2.45, 2.75) is 114 Å². The maximum Gasteiger partial charge on any atom is 0.0783 e. The summed E-state index contributed by atoms with van der Waals surface area (Å²) in [7, 11) is 0. The van der Waals surface area contributed by atoms with Gasteiger partial charge in [-0.1, -0.05) is 55.4 Å². The fourth-order valence-corrected chi connectivity index (χ4v) is 5.37. The first-order chi connectivity index (χ1) is 16.5. The SMILES string of the molecule is C/C(=C/C(=O)[O-])C(=O)[O-].CCC[N+](CCC)(CCC)CCC.CCC[N+](CCC)(CCC)CCC. The van der Waals surface area contributed by atoms with E-state index in [1.807, 2.05) is 0 Å². The molecule has 0 aliphatic heterocycles. The second kappa shape index (κ2) is 24.3. The van der Waals surface area contributed by atoms with E-state index in [2.05, 4.69) is 55.4 Å². The predicted octanol–water partition coefficient (Wildman–Crippen LogP) is 4.32. The summed E-state index contributed by atoms with van der Waals surface area (Å²) >= 11 is 0. The number of carbonyl (C=O) groups is 2. The third-order valence-electron chi connectivity index (χ3n) is 6.24. The van der Waals surface area contributed by atoms with Crippen LogP contribution in [0.2, 0.25) is 0 Å². The predicted molar refractivity (Wildman–Crippen MR) is 146 cm³/mol. The highest BCUT2D eigenvalue weighted by atomic mass is 16.4. The molecule has 0 fully saturated rings. The number of carboxylic acid groups (broad SMARTS) is 2. The summed E-state index contributed by atoms with van der Waals surface area (Å²) in [5.74, 6) is -3.03. The van der Waals surface area contributed by atoms with E-state index in [0.717, 1.165) is 6.92 Å². The molecule has 0 aliphatic rings. The van der Waals surface area contributed by atoms with Gasteiger partial charge in [-0.2, -0.15) is 0 Å². The van der Waals surface area contributed by atoms with Crippen molar-refractivity contribution in [3.05, 3.63) is 11.6 Å². The number of hydrogen-bond donors (Lipinski definition) is 0. The van der Waals surface area contributed by atoms with Crippen LogP contribution in [-0.4, -0.2) is 73.3 Å². The molecule has 0 spiro atoms. The van der Waals surface area contributed by atoms with E-state index >= 15 is 0 Å². The largest absolute Gasteiger partial charge is 0.545 e. The number of aliphatic carboxylic acids is 2. The molecule has 0 aliphatic carbocycles. The molecule has 0 aromatic carbocycles. The van der Waals surface area contributed by atoms with Crippen LogP contribution in [0.3, 0.4) is 0 Å². The highest BCUT2D eigenvalue weighted by Crippen LogP contribution is 2.13. The first kappa shape index (κ1) is 38.1. The van der Waals surface area contributed by atoms with E-state index in [4.69, 9.17) is 0 Å². The van der Waals surface area contributed by atoms with E-state index in [1.165, 1.54) is 113 Å². The van der Waals surface area contributed by atoms with Gasteiger partial charge in [0.25, 0.3) is 0 Å². The summed E-state index contributed by atoms with van der Waals surface area (Å²) in [6, 6.07) is 0. The third-order valence-corrected chi connectivity index (χ3v) is 6.24. The minimum absolute atomic E-state index is 0.352. The molecule has 0 bridgehead atoms. The minimum atomic E-state index is -1.53. The van der Waals surface area contributed by atoms with Crippen molar-refractivity contribution in [1.29, 1.82) is 0 Å². The summed E-state index contributed by atoms with van der Waals surface area (Å²) in [4.78, 5) is 19.4. The van der Waals surface area contributed by atoms with E-state index in [9.17, 15) is 19.8 Å². The Labute approximate surface area is 218 Å². The smallest absolute Gasteiger partial charge is 0.0783 e. The molecule has 0 atom stereocenters. The van der Waals surface area contributed by atoms with E-state index in [-0.39, 0.29) is 5.57 Å². The molecule has 0 radical (unpaired) electrons. The van der Waals surface area contributed by atoms with Gasteiger partial charge in [0.1, 0.15) is 0 Å². The number of carboxylic acids is 2.